The molecule has 0 radical (unpaired) electrons. The number of pyridine rings is 1. The number of nitrogens with one attached hydrogen (secondary N) is 1. The van der Waals surface area contributed by atoms with Gasteiger partial charge >= 0.3 is 0 Å². The summed E-state index contributed by atoms with van der Waals surface area (Å²) in [5.74, 6) is 5.79. The Morgan fingerprint density at radius 3 is 2.78 bits per heavy atom. The van der Waals surface area contributed by atoms with Crippen molar-refractivity contribution >= 4 is 10.8 Å². The quantitative estimate of drug-likeness (QED) is 0.640. The van der Waals surface area contributed by atoms with Crippen LogP contribution in [0.1, 0.15) is 38.8 Å². The van der Waals surface area contributed by atoms with Crippen LogP contribution in [0.15, 0.2) is 36.7 Å². The molecule has 0 aliphatic heterocycles. The van der Waals surface area contributed by atoms with Crippen LogP contribution in [0.5, 0.6) is 0 Å². The summed E-state index contributed by atoms with van der Waals surface area (Å²) < 4.78 is 0. The number of benzene rings is 1. The van der Waals surface area contributed by atoms with Gasteiger partial charge in [0.2, 0.25) is 0 Å². The molecule has 2 aromatic rings. The van der Waals surface area contributed by atoms with Gasteiger partial charge in [-0.05, 0) is 28.9 Å². The number of hydrazine groups is 1. The van der Waals surface area contributed by atoms with E-state index in [4.69, 9.17) is 5.84 Å². The van der Waals surface area contributed by atoms with Crippen molar-refractivity contribution in [3.8, 4) is 0 Å². The molecule has 3 nitrogen and oxygen atoms in total. The summed E-state index contributed by atoms with van der Waals surface area (Å²) >= 11 is 0. The molecule has 3 N–H and O–H groups in total. The predicted molar refractivity (Wildman–Crippen MR) is 75.9 cm³/mol. The molecule has 0 amide bonds. The Morgan fingerprint density at radius 1 is 1.33 bits per heavy atom. The summed E-state index contributed by atoms with van der Waals surface area (Å²) in [6.45, 7) is 6.65. The van der Waals surface area contributed by atoms with E-state index in [0.717, 1.165) is 6.42 Å². The Balaban J connectivity index is 2.59. The molecular weight excluding hydrogens is 222 g/mol. The van der Waals surface area contributed by atoms with Gasteiger partial charge in [-0.1, -0.05) is 39.0 Å². The second-order valence-electron chi connectivity index (χ2n) is 5.39. The Hall–Kier alpha value is -1.45. The Kier molecular flexibility index (Phi) is 3.64. The van der Waals surface area contributed by atoms with Crippen molar-refractivity contribution in [2.45, 2.75) is 33.2 Å². The zero-order valence-electron chi connectivity index (χ0n) is 11.3. The van der Waals surface area contributed by atoms with Crippen molar-refractivity contribution in [3.63, 3.8) is 0 Å². The van der Waals surface area contributed by atoms with E-state index in [1.54, 1.807) is 0 Å². The third-order valence-electron chi connectivity index (χ3n) is 3.89. The van der Waals surface area contributed by atoms with Gasteiger partial charge in [-0.3, -0.25) is 16.3 Å². The Bertz CT molecular complexity index is 529. The topological polar surface area (TPSA) is 50.9 Å². The molecule has 0 fully saturated rings. The number of hydrogen-bond acceptors (Lipinski definition) is 3. The normalized spacial score (nSPS) is 13.8. The van der Waals surface area contributed by atoms with E-state index in [1.165, 1.54) is 16.3 Å². The maximum absolute atomic E-state index is 5.79. The number of rotatable bonds is 4. The molecule has 0 saturated carbocycles. The average Bonchev–Trinajstić information content (AvgIpc) is 2.39. The van der Waals surface area contributed by atoms with Gasteiger partial charge in [0.1, 0.15) is 0 Å². The second kappa shape index (κ2) is 5.04. The molecule has 0 spiro atoms. The van der Waals surface area contributed by atoms with Gasteiger partial charge in [-0.15, -0.1) is 0 Å². The lowest BCUT2D eigenvalue weighted by Crippen LogP contribution is -2.38. The highest BCUT2D eigenvalue weighted by molar-refractivity contribution is 5.85. The zero-order valence-corrected chi connectivity index (χ0v) is 11.3. The minimum absolute atomic E-state index is 0.0961. The van der Waals surface area contributed by atoms with E-state index >= 15 is 0 Å². The fourth-order valence-electron chi connectivity index (χ4n) is 2.33. The minimum Gasteiger partial charge on any atom is -0.271 e. The van der Waals surface area contributed by atoms with Crippen molar-refractivity contribution in [2.24, 2.45) is 11.3 Å². The van der Waals surface area contributed by atoms with E-state index in [0.29, 0.717) is 0 Å². The van der Waals surface area contributed by atoms with Crippen molar-refractivity contribution < 1.29 is 0 Å². The van der Waals surface area contributed by atoms with Crippen molar-refractivity contribution in [1.29, 1.82) is 0 Å². The van der Waals surface area contributed by atoms with Gasteiger partial charge in [-0.25, -0.2) is 0 Å². The highest BCUT2D eigenvalue weighted by Crippen LogP contribution is 2.38. The molecule has 18 heavy (non-hydrogen) atoms. The van der Waals surface area contributed by atoms with E-state index in [-0.39, 0.29) is 11.5 Å². The first-order chi connectivity index (χ1) is 8.60. The molecule has 0 bridgehead atoms. The van der Waals surface area contributed by atoms with Gasteiger partial charge in [-0.2, -0.15) is 0 Å². The maximum atomic E-state index is 5.79. The number of fused-ring (bicyclic) bond motifs is 1. The highest BCUT2D eigenvalue weighted by Gasteiger charge is 2.29. The summed E-state index contributed by atoms with van der Waals surface area (Å²) in [6.07, 6.45) is 4.79. The number of nitrogens with zero attached hydrogens (tertiary/aromatic N) is 1. The highest BCUT2D eigenvalue weighted by atomic mass is 15.2. The molecule has 1 aromatic heterocycles. The third kappa shape index (κ3) is 2.24. The standard InChI is InChI=1S/C15H21N3/c1-4-15(2,3)14(18-16)12-7-5-6-11-8-9-17-10-13(11)12/h5-10,14,18H,4,16H2,1-3H3. The lowest BCUT2D eigenvalue weighted by Gasteiger charge is -2.34. The predicted octanol–water partition coefficient (Wildman–Crippen LogP) is 3.18. The lowest BCUT2D eigenvalue weighted by atomic mass is 9.77. The van der Waals surface area contributed by atoms with Gasteiger partial charge in [0.25, 0.3) is 0 Å². The van der Waals surface area contributed by atoms with Crippen LogP contribution in [-0.4, -0.2) is 4.98 Å². The van der Waals surface area contributed by atoms with Crippen molar-refractivity contribution in [2.75, 3.05) is 0 Å². The minimum atomic E-state index is 0.0961. The molecule has 3 heteroatoms. The van der Waals surface area contributed by atoms with Crippen molar-refractivity contribution in [1.82, 2.24) is 10.4 Å². The first-order valence-electron chi connectivity index (χ1n) is 6.39. The molecule has 1 heterocycles. The summed E-state index contributed by atoms with van der Waals surface area (Å²) in [5, 5.41) is 2.37. The van der Waals surface area contributed by atoms with Gasteiger partial charge in [0.15, 0.2) is 0 Å². The Morgan fingerprint density at radius 2 is 2.11 bits per heavy atom. The van der Waals surface area contributed by atoms with Crippen LogP contribution in [0.4, 0.5) is 0 Å². The smallest absolute Gasteiger partial charge is 0.0517 e. The van der Waals surface area contributed by atoms with E-state index in [2.05, 4.69) is 49.4 Å². The Labute approximate surface area is 108 Å². The maximum Gasteiger partial charge on any atom is 0.0517 e. The largest absolute Gasteiger partial charge is 0.271 e. The fraction of sp³-hybridized carbons (Fsp3) is 0.400. The van der Waals surface area contributed by atoms with Crippen LogP contribution in [0.3, 0.4) is 0 Å². The SMILES string of the molecule is CCC(C)(C)C(NN)c1cccc2ccncc12. The first-order valence-corrected chi connectivity index (χ1v) is 6.39. The molecule has 1 atom stereocenters. The van der Waals surface area contributed by atoms with Gasteiger partial charge < -0.3 is 0 Å². The summed E-state index contributed by atoms with van der Waals surface area (Å²) in [6, 6.07) is 8.47. The molecule has 1 aromatic carbocycles. The molecule has 0 saturated heterocycles. The first kappa shape index (κ1) is 13.0. The summed E-state index contributed by atoms with van der Waals surface area (Å²) in [7, 11) is 0. The monoisotopic (exact) mass is 243 g/mol. The average molecular weight is 243 g/mol. The molecular formula is C15H21N3. The van der Waals surface area contributed by atoms with Crippen LogP contribution in [-0.2, 0) is 0 Å². The van der Waals surface area contributed by atoms with E-state index in [1.807, 2.05) is 18.5 Å². The number of hydrogen-bond donors (Lipinski definition) is 2. The van der Waals surface area contributed by atoms with Gasteiger partial charge in [0.05, 0.1) is 6.04 Å². The van der Waals surface area contributed by atoms with Crippen LogP contribution < -0.4 is 11.3 Å². The summed E-state index contributed by atoms with van der Waals surface area (Å²) in [4.78, 5) is 4.23. The molecule has 96 valence electrons. The number of aromatic nitrogens is 1. The third-order valence-corrected chi connectivity index (χ3v) is 3.89. The van der Waals surface area contributed by atoms with Crippen molar-refractivity contribution in [3.05, 3.63) is 42.2 Å². The van der Waals surface area contributed by atoms with Crippen LogP contribution >= 0.6 is 0 Å². The lowest BCUT2D eigenvalue weighted by molar-refractivity contribution is 0.237. The summed E-state index contributed by atoms with van der Waals surface area (Å²) in [5.41, 5.74) is 4.29. The van der Waals surface area contributed by atoms with E-state index < -0.39 is 0 Å². The molecule has 0 aliphatic rings. The molecule has 1 unspecified atom stereocenters. The second-order valence-corrected chi connectivity index (χ2v) is 5.39. The van der Waals surface area contributed by atoms with E-state index in [9.17, 15) is 0 Å². The fourth-order valence-corrected chi connectivity index (χ4v) is 2.33. The van der Waals surface area contributed by atoms with Crippen LogP contribution in [0, 0.1) is 5.41 Å². The van der Waals surface area contributed by atoms with Crippen LogP contribution in [0.2, 0.25) is 0 Å². The molecule has 0 aliphatic carbocycles. The number of nitrogens with two attached hydrogens (primary N) is 1. The van der Waals surface area contributed by atoms with Crippen LogP contribution in [0.25, 0.3) is 10.8 Å². The van der Waals surface area contributed by atoms with Gasteiger partial charge in [0, 0.05) is 17.8 Å². The zero-order chi connectivity index (χ0) is 13.2. The molecule has 2 rings (SSSR count).